The van der Waals surface area contributed by atoms with Crippen molar-refractivity contribution in [2.75, 3.05) is 18.0 Å². The molecule has 2 aliphatic rings. The van der Waals surface area contributed by atoms with Gasteiger partial charge in [-0.15, -0.1) is 0 Å². The normalized spacial score (nSPS) is 28.5. The summed E-state index contributed by atoms with van der Waals surface area (Å²) in [5, 5.41) is 3.66. The fourth-order valence-electron chi connectivity index (χ4n) is 2.79. The van der Waals surface area contributed by atoms with Gasteiger partial charge >= 0.3 is 0 Å². The topological polar surface area (TPSA) is 15.3 Å². The SMILES string of the molecule is Cc1ccc(N2CC3CCC(C2)N3)cc1Br. The Morgan fingerprint density at radius 3 is 2.56 bits per heavy atom. The van der Waals surface area contributed by atoms with Crippen molar-refractivity contribution in [1.82, 2.24) is 5.32 Å². The van der Waals surface area contributed by atoms with E-state index in [1.807, 2.05) is 0 Å². The molecule has 0 aromatic heterocycles. The summed E-state index contributed by atoms with van der Waals surface area (Å²) in [6.45, 7) is 4.45. The zero-order chi connectivity index (χ0) is 11.1. The molecule has 0 aliphatic carbocycles. The molecule has 2 saturated heterocycles. The molecule has 2 atom stereocenters. The Balaban J connectivity index is 1.84. The van der Waals surface area contributed by atoms with Crippen LogP contribution in [-0.4, -0.2) is 25.2 Å². The minimum Gasteiger partial charge on any atom is -0.368 e. The molecule has 2 heterocycles. The summed E-state index contributed by atoms with van der Waals surface area (Å²) in [6.07, 6.45) is 2.68. The highest BCUT2D eigenvalue weighted by molar-refractivity contribution is 9.10. The highest BCUT2D eigenvalue weighted by Gasteiger charge is 2.32. The Kier molecular flexibility index (Phi) is 2.68. The third kappa shape index (κ3) is 1.87. The lowest BCUT2D eigenvalue weighted by Crippen LogP contribution is -2.51. The second-order valence-electron chi connectivity index (χ2n) is 4.98. The molecule has 2 aliphatic heterocycles. The first kappa shape index (κ1) is 10.6. The zero-order valence-electron chi connectivity index (χ0n) is 9.54. The summed E-state index contributed by atoms with van der Waals surface area (Å²) < 4.78 is 1.22. The molecule has 0 radical (unpaired) electrons. The van der Waals surface area contributed by atoms with Gasteiger partial charge in [0.2, 0.25) is 0 Å². The van der Waals surface area contributed by atoms with Crippen LogP contribution in [0.3, 0.4) is 0 Å². The first-order chi connectivity index (χ1) is 7.72. The molecular formula is C13H17BrN2. The highest BCUT2D eigenvalue weighted by atomic mass is 79.9. The lowest BCUT2D eigenvalue weighted by atomic mass is 10.1. The van der Waals surface area contributed by atoms with Gasteiger partial charge in [-0.3, -0.25) is 0 Å². The maximum Gasteiger partial charge on any atom is 0.0378 e. The molecule has 2 nitrogen and oxygen atoms in total. The number of piperazine rings is 1. The summed E-state index contributed by atoms with van der Waals surface area (Å²) in [7, 11) is 0. The summed E-state index contributed by atoms with van der Waals surface area (Å²) in [4.78, 5) is 2.52. The molecule has 1 aromatic carbocycles. The van der Waals surface area contributed by atoms with E-state index in [4.69, 9.17) is 0 Å². The number of nitrogens with zero attached hydrogens (tertiary/aromatic N) is 1. The molecular weight excluding hydrogens is 264 g/mol. The zero-order valence-corrected chi connectivity index (χ0v) is 11.1. The second-order valence-corrected chi connectivity index (χ2v) is 5.83. The Morgan fingerprint density at radius 1 is 1.25 bits per heavy atom. The molecule has 2 fully saturated rings. The molecule has 2 bridgehead atoms. The van der Waals surface area contributed by atoms with Crippen LogP contribution in [0.15, 0.2) is 22.7 Å². The van der Waals surface area contributed by atoms with Crippen LogP contribution < -0.4 is 10.2 Å². The van der Waals surface area contributed by atoms with Gasteiger partial charge in [-0.2, -0.15) is 0 Å². The van der Waals surface area contributed by atoms with Crippen molar-refractivity contribution in [3.05, 3.63) is 28.2 Å². The third-order valence-electron chi connectivity index (χ3n) is 3.74. The number of nitrogens with one attached hydrogen (secondary N) is 1. The standard InChI is InChI=1S/C13H17BrN2/c1-9-2-5-12(6-13(9)14)16-7-10-3-4-11(8-16)15-10/h2,5-6,10-11,15H,3-4,7-8H2,1H3. The molecule has 3 heteroatoms. The van der Waals surface area contributed by atoms with Gasteiger partial charge in [0.15, 0.2) is 0 Å². The van der Waals surface area contributed by atoms with Gasteiger partial charge in [0, 0.05) is 35.3 Å². The Bertz CT molecular complexity index is 393. The van der Waals surface area contributed by atoms with Crippen molar-refractivity contribution in [2.24, 2.45) is 0 Å². The third-order valence-corrected chi connectivity index (χ3v) is 4.59. The van der Waals surface area contributed by atoms with E-state index in [9.17, 15) is 0 Å². The quantitative estimate of drug-likeness (QED) is 0.851. The minimum absolute atomic E-state index is 0.707. The van der Waals surface area contributed by atoms with Crippen LogP contribution in [0.2, 0.25) is 0 Å². The predicted octanol–water partition coefficient (Wildman–Crippen LogP) is 2.70. The van der Waals surface area contributed by atoms with Crippen LogP contribution >= 0.6 is 15.9 Å². The number of fused-ring (bicyclic) bond motifs is 2. The molecule has 86 valence electrons. The Morgan fingerprint density at radius 2 is 1.94 bits per heavy atom. The van der Waals surface area contributed by atoms with E-state index in [2.05, 4.69) is 51.3 Å². The van der Waals surface area contributed by atoms with Crippen LogP contribution in [0.25, 0.3) is 0 Å². The van der Waals surface area contributed by atoms with Gasteiger partial charge in [0.25, 0.3) is 0 Å². The molecule has 3 rings (SSSR count). The fraction of sp³-hybridized carbons (Fsp3) is 0.538. The van der Waals surface area contributed by atoms with E-state index in [1.165, 1.54) is 28.6 Å². The summed E-state index contributed by atoms with van der Waals surface area (Å²) >= 11 is 3.62. The van der Waals surface area contributed by atoms with Crippen LogP contribution in [0.5, 0.6) is 0 Å². The van der Waals surface area contributed by atoms with E-state index in [0.717, 1.165) is 13.1 Å². The second kappa shape index (κ2) is 4.04. The number of hydrogen-bond acceptors (Lipinski definition) is 2. The van der Waals surface area contributed by atoms with E-state index < -0.39 is 0 Å². The fourth-order valence-corrected chi connectivity index (χ4v) is 3.15. The van der Waals surface area contributed by atoms with Crippen molar-refractivity contribution in [3.8, 4) is 0 Å². The van der Waals surface area contributed by atoms with Crippen molar-refractivity contribution in [1.29, 1.82) is 0 Å². The smallest absolute Gasteiger partial charge is 0.0378 e. The summed E-state index contributed by atoms with van der Waals surface area (Å²) in [6, 6.07) is 8.10. The average Bonchev–Trinajstić information content (AvgIpc) is 2.62. The maximum atomic E-state index is 3.66. The number of halogens is 1. The Hall–Kier alpha value is -0.540. The predicted molar refractivity (Wildman–Crippen MR) is 71.0 cm³/mol. The van der Waals surface area contributed by atoms with Gasteiger partial charge in [-0.1, -0.05) is 22.0 Å². The number of rotatable bonds is 1. The first-order valence-corrected chi connectivity index (χ1v) is 6.79. The van der Waals surface area contributed by atoms with E-state index in [0.29, 0.717) is 12.1 Å². The van der Waals surface area contributed by atoms with Crippen LogP contribution in [0.1, 0.15) is 18.4 Å². The summed E-state index contributed by atoms with van der Waals surface area (Å²) in [5.74, 6) is 0. The number of aryl methyl sites for hydroxylation is 1. The van der Waals surface area contributed by atoms with Gasteiger partial charge in [-0.25, -0.2) is 0 Å². The lowest BCUT2D eigenvalue weighted by molar-refractivity contribution is 0.466. The van der Waals surface area contributed by atoms with Crippen molar-refractivity contribution >= 4 is 21.6 Å². The summed E-state index contributed by atoms with van der Waals surface area (Å²) in [5.41, 5.74) is 2.66. The molecule has 0 spiro atoms. The largest absolute Gasteiger partial charge is 0.368 e. The van der Waals surface area contributed by atoms with Crippen LogP contribution in [0, 0.1) is 6.92 Å². The molecule has 1 aromatic rings. The van der Waals surface area contributed by atoms with Crippen LogP contribution in [0.4, 0.5) is 5.69 Å². The minimum atomic E-state index is 0.707. The van der Waals surface area contributed by atoms with Crippen molar-refractivity contribution in [2.45, 2.75) is 31.8 Å². The van der Waals surface area contributed by atoms with Gasteiger partial charge < -0.3 is 10.2 Å². The molecule has 2 unspecified atom stereocenters. The number of benzene rings is 1. The highest BCUT2D eigenvalue weighted by Crippen LogP contribution is 2.28. The molecule has 16 heavy (non-hydrogen) atoms. The lowest BCUT2D eigenvalue weighted by Gasteiger charge is -2.34. The number of anilines is 1. The van der Waals surface area contributed by atoms with Gasteiger partial charge in [0.1, 0.15) is 0 Å². The van der Waals surface area contributed by atoms with Crippen LogP contribution in [-0.2, 0) is 0 Å². The van der Waals surface area contributed by atoms with E-state index in [1.54, 1.807) is 0 Å². The number of hydrogen-bond donors (Lipinski definition) is 1. The Labute approximate surface area is 105 Å². The van der Waals surface area contributed by atoms with E-state index in [-0.39, 0.29) is 0 Å². The first-order valence-electron chi connectivity index (χ1n) is 5.99. The molecule has 0 amide bonds. The average molecular weight is 281 g/mol. The van der Waals surface area contributed by atoms with E-state index >= 15 is 0 Å². The molecule has 0 saturated carbocycles. The maximum absolute atomic E-state index is 3.66. The molecule has 1 N–H and O–H groups in total. The monoisotopic (exact) mass is 280 g/mol. The van der Waals surface area contributed by atoms with Gasteiger partial charge in [0.05, 0.1) is 0 Å². The van der Waals surface area contributed by atoms with Crippen molar-refractivity contribution in [3.63, 3.8) is 0 Å². The van der Waals surface area contributed by atoms with Crippen molar-refractivity contribution < 1.29 is 0 Å². The van der Waals surface area contributed by atoms with Gasteiger partial charge in [-0.05, 0) is 37.5 Å².